The van der Waals surface area contributed by atoms with Crippen LogP contribution >= 0.6 is 0 Å². The highest BCUT2D eigenvalue weighted by molar-refractivity contribution is 5.88. The van der Waals surface area contributed by atoms with E-state index in [0.717, 1.165) is 0 Å². The molecule has 106 valence electrons. The van der Waals surface area contributed by atoms with E-state index in [9.17, 15) is 0 Å². The third-order valence-corrected chi connectivity index (χ3v) is 4.77. The van der Waals surface area contributed by atoms with Gasteiger partial charge in [0.2, 0.25) is 0 Å². The first kappa shape index (κ1) is 12.7. The van der Waals surface area contributed by atoms with Gasteiger partial charge in [-0.1, -0.05) is 67.8 Å². The number of fused-ring (bicyclic) bond motifs is 2. The molecule has 1 heterocycles. The number of hydrogen-bond donors (Lipinski definition) is 0. The molecule has 1 saturated carbocycles. The lowest BCUT2D eigenvalue weighted by molar-refractivity contribution is 0.436. The molecule has 0 amide bonds. The third-order valence-electron chi connectivity index (χ3n) is 4.77. The molecule has 0 unspecified atom stereocenters. The van der Waals surface area contributed by atoms with Crippen molar-refractivity contribution in [2.45, 2.75) is 38.1 Å². The van der Waals surface area contributed by atoms with E-state index in [2.05, 4.69) is 65.6 Å². The second kappa shape index (κ2) is 5.40. The minimum atomic E-state index is 0.640. The van der Waals surface area contributed by atoms with E-state index < -0.39 is 0 Å². The maximum absolute atomic E-state index is 2.60. The quantitative estimate of drug-likeness (QED) is 0.651. The van der Waals surface area contributed by atoms with Crippen molar-refractivity contribution in [1.29, 1.82) is 0 Å². The Kier molecular flexibility index (Phi) is 3.27. The molecule has 0 bridgehead atoms. The second-order valence-corrected chi connectivity index (χ2v) is 6.11. The third kappa shape index (κ3) is 2.27. The molecule has 0 aromatic heterocycles. The summed E-state index contributed by atoms with van der Waals surface area (Å²) >= 11 is 0. The highest BCUT2D eigenvalue weighted by Crippen LogP contribution is 2.40. The fourth-order valence-electron chi connectivity index (χ4n) is 3.74. The minimum absolute atomic E-state index is 0.640. The van der Waals surface area contributed by atoms with Crippen LogP contribution in [0, 0.1) is 0 Å². The lowest BCUT2D eigenvalue weighted by Gasteiger charge is -2.37. The number of benzene rings is 2. The van der Waals surface area contributed by atoms with Crippen molar-refractivity contribution >= 4 is 23.5 Å². The van der Waals surface area contributed by atoms with Gasteiger partial charge in [0.1, 0.15) is 0 Å². The Morgan fingerprint density at radius 1 is 0.667 bits per heavy atom. The first-order chi connectivity index (χ1) is 10.4. The highest BCUT2D eigenvalue weighted by Gasteiger charge is 2.26. The molecule has 0 spiro atoms. The van der Waals surface area contributed by atoms with Crippen LogP contribution in [0.25, 0.3) is 12.2 Å². The van der Waals surface area contributed by atoms with Crippen LogP contribution in [0.4, 0.5) is 11.4 Å². The van der Waals surface area contributed by atoms with Crippen molar-refractivity contribution < 1.29 is 0 Å². The van der Waals surface area contributed by atoms with Crippen LogP contribution in [0.15, 0.2) is 48.5 Å². The number of rotatable bonds is 1. The molecule has 1 heteroatoms. The van der Waals surface area contributed by atoms with Gasteiger partial charge in [0.25, 0.3) is 0 Å². The standard InChI is InChI=1S/C20H21N/c1-2-10-18(11-3-1)21-19-12-6-4-8-16(19)14-15-17-9-5-7-13-20(17)21/h4-9,12-15,18H,1-3,10-11H2. The van der Waals surface area contributed by atoms with Crippen LogP contribution in [0.5, 0.6) is 0 Å². The molecule has 1 nitrogen and oxygen atoms in total. The van der Waals surface area contributed by atoms with Crippen LogP contribution < -0.4 is 4.90 Å². The first-order valence-corrected chi connectivity index (χ1v) is 8.09. The topological polar surface area (TPSA) is 3.24 Å². The molecule has 21 heavy (non-hydrogen) atoms. The van der Waals surface area contributed by atoms with Gasteiger partial charge in [-0.2, -0.15) is 0 Å². The lowest BCUT2D eigenvalue weighted by Crippen LogP contribution is -2.33. The summed E-state index contributed by atoms with van der Waals surface area (Å²) in [7, 11) is 0. The van der Waals surface area contributed by atoms with Gasteiger partial charge in [-0.3, -0.25) is 0 Å². The summed E-state index contributed by atoms with van der Waals surface area (Å²) in [4.78, 5) is 2.60. The molecule has 1 fully saturated rings. The highest BCUT2D eigenvalue weighted by atomic mass is 15.2. The molecule has 4 rings (SSSR count). The van der Waals surface area contributed by atoms with Gasteiger partial charge < -0.3 is 4.90 Å². The van der Waals surface area contributed by atoms with Crippen molar-refractivity contribution in [1.82, 2.24) is 0 Å². The molecule has 1 aliphatic heterocycles. The average molecular weight is 275 g/mol. The van der Waals surface area contributed by atoms with Gasteiger partial charge in [-0.25, -0.2) is 0 Å². The monoisotopic (exact) mass is 275 g/mol. The maximum atomic E-state index is 2.60. The van der Waals surface area contributed by atoms with E-state index in [0.29, 0.717) is 6.04 Å². The van der Waals surface area contributed by atoms with Crippen LogP contribution in [0.1, 0.15) is 43.2 Å². The van der Waals surface area contributed by atoms with Gasteiger partial charge in [0.15, 0.2) is 0 Å². The number of hydrogen-bond acceptors (Lipinski definition) is 1. The van der Waals surface area contributed by atoms with Crippen LogP contribution in [-0.4, -0.2) is 6.04 Å². The largest absolute Gasteiger partial charge is 0.337 e. The average Bonchev–Trinajstić information content (AvgIpc) is 2.72. The van der Waals surface area contributed by atoms with Gasteiger partial charge in [0, 0.05) is 17.4 Å². The molecule has 0 radical (unpaired) electrons. The zero-order valence-corrected chi connectivity index (χ0v) is 12.3. The van der Waals surface area contributed by atoms with Crippen LogP contribution in [-0.2, 0) is 0 Å². The summed E-state index contributed by atoms with van der Waals surface area (Å²) in [6.45, 7) is 0. The molecule has 2 aromatic rings. The summed E-state index contributed by atoms with van der Waals surface area (Å²) in [5.41, 5.74) is 5.40. The van der Waals surface area contributed by atoms with Gasteiger partial charge >= 0.3 is 0 Å². The molecular formula is C20H21N. The van der Waals surface area contributed by atoms with E-state index in [1.165, 1.54) is 54.6 Å². The van der Waals surface area contributed by atoms with E-state index in [-0.39, 0.29) is 0 Å². The van der Waals surface area contributed by atoms with Crippen molar-refractivity contribution in [2.24, 2.45) is 0 Å². The molecule has 2 aliphatic rings. The summed E-state index contributed by atoms with van der Waals surface area (Å²) in [6.07, 6.45) is 11.3. The molecule has 0 N–H and O–H groups in total. The summed E-state index contributed by atoms with van der Waals surface area (Å²) in [5.74, 6) is 0. The number of anilines is 2. The predicted octanol–water partition coefficient (Wildman–Crippen LogP) is 5.64. The molecule has 1 aliphatic carbocycles. The Hall–Kier alpha value is -2.02. The van der Waals surface area contributed by atoms with Crippen molar-refractivity contribution in [3.63, 3.8) is 0 Å². The Morgan fingerprint density at radius 2 is 1.19 bits per heavy atom. The van der Waals surface area contributed by atoms with Gasteiger partial charge in [-0.15, -0.1) is 0 Å². The first-order valence-electron chi connectivity index (χ1n) is 8.09. The molecule has 0 atom stereocenters. The number of para-hydroxylation sites is 2. The fraction of sp³-hybridized carbons (Fsp3) is 0.300. The Bertz CT molecular complexity index is 616. The van der Waals surface area contributed by atoms with E-state index >= 15 is 0 Å². The normalized spacial score (nSPS) is 18.0. The Balaban J connectivity index is 1.88. The second-order valence-electron chi connectivity index (χ2n) is 6.11. The van der Waals surface area contributed by atoms with E-state index in [1.807, 2.05) is 0 Å². The van der Waals surface area contributed by atoms with Crippen molar-refractivity contribution in [3.8, 4) is 0 Å². The summed E-state index contributed by atoms with van der Waals surface area (Å²) in [5, 5.41) is 0. The smallest absolute Gasteiger partial charge is 0.0487 e. The van der Waals surface area contributed by atoms with E-state index in [4.69, 9.17) is 0 Å². The predicted molar refractivity (Wildman–Crippen MR) is 90.8 cm³/mol. The zero-order chi connectivity index (χ0) is 14.1. The molecule has 0 saturated heterocycles. The molecule has 2 aromatic carbocycles. The number of nitrogens with zero attached hydrogens (tertiary/aromatic N) is 1. The fourth-order valence-corrected chi connectivity index (χ4v) is 3.74. The molecular weight excluding hydrogens is 254 g/mol. The van der Waals surface area contributed by atoms with Gasteiger partial charge in [0.05, 0.1) is 0 Å². The summed E-state index contributed by atoms with van der Waals surface area (Å²) < 4.78 is 0. The maximum Gasteiger partial charge on any atom is 0.0487 e. The Morgan fingerprint density at radius 3 is 1.76 bits per heavy atom. The zero-order valence-electron chi connectivity index (χ0n) is 12.3. The van der Waals surface area contributed by atoms with E-state index in [1.54, 1.807) is 0 Å². The van der Waals surface area contributed by atoms with Crippen LogP contribution in [0.3, 0.4) is 0 Å². The van der Waals surface area contributed by atoms with Crippen molar-refractivity contribution in [3.05, 3.63) is 59.7 Å². The Labute approximate surface area is 126 Å². The van der Waals surface area contributed by atoms with Crippen molar-refractivity contribution in [2.75, 3.05) is 4.90 Å². The van der Waals surface area contributed by atoms with Crippen LogP contribution in [0.2, 0.25) is 0 Å². The summed E-state index contributed by atoms with van der Waals surface area (Å²) in [6, 6.07) is 18.2. The van der Waals surface area contributed by atoms with Gasteiger partial charge in [-0.05, 0) is 36.1 Å². The minimum Gasteiger partial charge on any atom is -0.337 e. The lowest BCUT2D eigenvalue weighted by atomic mass is 9.92. The SMILES string of the molecule is C1=Cc2ccccc2N(C2CCCCC2)c2ccccc21.